The van der Waals surface area contributed by atoms with Gasteiger partial charge < -0.3 is 4.74 Å². The zero-order valence-electron chi connectivity index (χ0n) is 11.4. The molecule has 0 bridgehead atoms. The quantitative estimate of drug-likeness (QED) is 0.777. The lowest BCUT2D eigenvalue weighted by Gasteiger charge is -2.43. The van der Waals surface area contributed by atoms with Crippen molar-refractivity contribution in [3.63, 3.8) is 0 Å². The van der Waals surface area contributed by atoms with Crippen molar-refractivity contribution in [2.24, 2.45) is 5.41 Å². The highest BCUT2D eigenvalue weighted by atomic mass is 32.1. The molecule has 0 aromatic heterocycles. The Morgan fingerprint density at radius 1 is 1.18 bits per heavy atom. The van der Waals surface area contributed by atoms with Crippen molar-refractivity contribution >= 4 is 12.6 Å². The van der Waals surface area contributed by atoms with E-state index in [0.29, 0.717) is 5.41 Å². The average Bonchev–Trinajstić information content (AvgIpc) is 2.78. The molecule has 17 heavy (non-hydrogen) atoms. The molecule has 0 radical (unpaired) electrons. The van der Waals surface area contributed by atoms with Crippen LogP contribution < -0.4 is 0 Å². The van der Waals surface area contributed by atoms with Crippen molar-refractivity contribution in [2.45, 2.75) is 51.0 Å². The molecule has 1 saturated heterocycles. The van der Waals surface area contributed by atoms with Crippen LogP contribution in [0.1, 0.15) is 45.4 Å². The Labute approximate surface area is 112 Å². The second kappa shape index (κ2) is 5.50. The highest BCUT2D eigenvalue weighted by Crippen LogP contribution is 2.40. The van der Waals surface area contributed by atoms with Crippen LogP contribution in [0.3, 0.4) is 0 Å². The molecule has 0 aromatic rings. The second-order valence-corrected chi connectivity index (χ2v) is 6.65. The van der Waals surface area contributed by atoms with Crippen LogP contribution in [0.25, 0.3) is 0 Å². The van der Waals surface area contributed by atoms with E-state index in [1.165, 1.54) is 51.6 Å². The second-order valence-electron chi connectivity index (χ2n) is 6.33. The predicted octanol–water partition coefficient (Wildman–Crippen LogP) is 2.98. The number of piperidine rings is 1. The van der Waals surface area contributed by atoms with Gasteiger partial charge >= 0.3 is 0 Å². The van der Waals surface area contributed by atoms with Crippen molar-refractivity contribution in [3.8, 4) is 0 Å². The molecule has 2 aliphatic rings. The zero-order chi connectivity index (χ0) is 12.4. The predicted molar refractivity (Wildman–Crippen MR) is 75.8 cm³/mol. The van der Waals surface area contributed by atoms with Crippen LogP contribution in [0.2, 0.25) is 0 Å². The fourth-order valence-corrected chi connectivity index (χ4v) is 3.99. The monoisotopic (exact) mass is 257 g/mol. The Morgan fingerprint density at radius 3 is 2.47 bits per heavy atom. The van der Waals surface area contributed by atoms with E-state index in [-0.39, 0.29) is 5.60 Å². The van der Waals surface area contributed by atoms with Gasteiger partial charge in [-0.3, -0.25) is 4.90 Å². The first-order chi connectivity index (χ1) is 8.11. The van der Waals surface area contributed by atoms with Gasteiger partial charge in [-0.15, -0.1) is 0 Å². The molecule has 0 spiro atoms. The third-order valence-electron chi connectivity index (χ3n) is 4.79. The summed E-state index contributed by atoms with van der Waals surface area (Å²) < 4.78 is 5.68. The minimum absolute atomic E-state index is 0.0780. The van der Waals surface area contributed by atoms with Crippen molar-refractivity contribution < 1.29 is 4.74 Å². The average molecular weight is 257 g/mol. The molecule has 2 fully saturated rings. The normalized spacial score (nSPS) is 34.1. The fourth-order valence-electron chi connectivity index (χ4n) is 3.57. The van der Waals surface area contributed by atoms with Gasteiger partial charge in [-0.25, -0.2) is 0 Å². The van der Waals surface area contributed by atoms with Crippen molar-refractivity contribution in [3.05, 3.63) is 0 Å². The summed E-state index contributed by atoms with van der Waals surface area (Å²) in [4.78, 5) is 2.62. The molecule has 2 rings (SSSR count). The summed E-state index contributed by atoms with van der Waals surface area (Å²) in [6.07, 6.45) is 8.01. The molecule has 0 amide bonds. The van der Waals surface area contributed by atoms with Crippen molar-refractivity contribution in [1.82, 2.24) is 4.90 Å². The molecular weight excluding hydrogens is 230 g/mol. The number of nitrogens with zero attached hydrogens (tertiary/aromatic N) is 1. The van der Waals surface area contributed by atoms with Crippen LogP contribution in [-0.2, 0) is 4.74 Å². The molecule has 1 heterocycles. The van der Waals surface area contributed by atoms with E-state index in [1.54, 1.807) is 0 Å². The largest absolute Gasteiger partial charge is 0.377 e. The summed E-state index contributed by atoms with van der Waals surface area (Å²) in [6.45, 7) is 5.82. The van der Waals surface area contributed by atoms with Crippen LogP contribution in [0, 0.1) is 5.41 Å². The number of ether oxygens (including phenoxy) is 1. The molecule has 1 aliphatic carbocycles. The first-order valence-corrected chi connectivity index (χ1v) is 7.63. The number of hydrogen-bond acceptors (Lipinski definition) is 3. The van der Waals surface area contributed by atoms with Crippen molar-refractivity contribution in [2.75, 3.05) is 32.5 Å². The van der Waals surface area contributed by atoms with Crippen LogP contribution >= 0.6 is 12.6 Å². The standard InChI is InChI=1S/C14H27NOS/c1-13(16-2)6-5-9-15(10-13)11-14(12-17)7-3-4-8-14/h17H,3-12H2,1-2H3. The van der Waals surface area contributed by atoms with Gasteiger partial charge in [0.25, 0.3) is 0 Å². The first kappa shape index (κ1) is 13.7. The number of hydrogen-bond donors (Lipinski definition) is 1. The Kier molecular flexibility index (Phi) is 4.43. The van der Waals surface area contributed by atoms with Crippen LogP contribution in [0.5, 0.6) is 0 Å². The summed E-state index contributed by atoms with van der Waals surface area (Å²) >= 11 is 4.61. The Bertz CT molecular complexity index is 253. The summed E-state index contributed by atoms with van der Waals surface area (Å²) in [5.74, 6) is 1.05. The Balaban J connectivity index is 1.94. The fraction of sp³-hybridized carbons (Fsp3) is 1.00. The topological polar surface area (TPSA) is 12.5 Å². The third kappa shape index (κ3) is 3.18. The summed E-state index contributed by atoms with van der Waals surface area (Å²) in [7, 11) is 1.85. The lowest BCUT2D eigenvalue weighted by atomic mass is 9.86. The first-order valence-electron chi connectivity index (χ1n) is 7.00. The van der Waals surface area contributed by atoms with Gasteiger partial charge in [0.1, 0.15) is 0 Å². The van der Waals surface area contributed by atoms with E-state index in [4.69, 9.17) is 4.74 Å². The molecule has 1 unspecified atom stereocenters. The highest BCUT2D eigenvalue weighted by Gasteiger charge is 2.38. The maximum atomic E-state index is 5.68. The molecule has 100 valence electrons. The number of thiol groups is 1. The summed E-state index contributed by atoms with van der Waals surface area (Å²) in [6, 6.07) is 0. The molecule has 1 aliphatic heterocycles. The Morgan fingerprint density at radius 2 is 1.88 bits per heavy atom. The lowest BCUT2D eigenvalue weighted by Crippen LogP contribution is -2.50. The van der Waals surface area contributed by atoms with Gasteiger partial charge in [0.05, 0.1) is 5.60 Å². The van der Waals surface area contributed by atoms with E-state index in [2.05, 4.69) is 24.5 Å². The van der Waals surface area contributed by atoms with Gasteiger partial charge in [-0.2, -0.15) is 12.6 Å². The molecule has 2 nitrogen and oxygen atoms in total. The van der Waals surface area contributed by atoms with Crippen LogP contribution in [0.4, 0.5) is 0 Å². The maximum Gasteiger partial charge on any atom is 0.0777 e. The Hall–Kier alpha value is 0.270. The van der Waals surface area contributed by atoms with Crippen LogP contribution in [-0.4, -0.2) is 43.0 Å². The molecule has 1 saturated carbocycles. The molecular formula is C14H27NOS. The number of methoxy groups -OCH3 is 1. The van der Waals surface area contributed by atoms with E-state index in [9.17, 15) is 0 Å². The van der Waals surface area contributed by atoms with E-state index >= 15 is 0 Å². The highest BCUT2D eigenvalue weighted by molar-refractivity contribution is 7.80. The van der Waals surface area contributed by atoms with Crippen molar-refractivity contribution in [1.29, 1.82) is 0 Å². The SMILES string of the molecule is COC1(C)CCCN(CC2(CS)CCCC2)C1. The lowest BCUT2D eigenvalue weighted by molar-refractivity contribution is -0.0577. The van der Waals surface area contributed by atoms with Gasteiger partial charge in [0, 0.05) is 20.2 Å². The minimum atomic E-state index is 0.0780. The van der Waals surface area contributed by atoms with Gasteiger partial charge in [-0.05, 0) is 50.3 Å². The van der Waals surface area contributed by atoms with E-state index in [1.807, 2.05) is 7.11 Å². The maximum absolute atomic E-state index is 5.68. The molecule has 3 heteroatoms. The van der Waals surface area contributed by atoms with Crippen LogP contribution in [0.15, 0.2) is 0 Å². The molecule has 0 N–H and O–H groups in total. The van der Waals surface area contributed by atoms with Gasteiger partial charge in [0.15, 0.2) is 0 Å². The molecule has 1 atom stereocenters. The zero-order valence-corrected chi connectivity index (χ0v) is 12.3. The third-order valence-corrected chi connectivity index (χ3v) is 5.46. The number of likely N-dealkylation sites (tertiary alicyclic amines) is 1. The minimum Gasteiger partial charge on any atom is -0.377 e. The summed E-state index contributed by atoms with van der Waals surface area (Å²) in [5, 5.41) is 0. The smallest absolute Gasteiger partial charge is 0.0777 e. The van der Waals surface area contributed by atoms with E-state index < -0.39 is 0 Å². The van der Waals surface area contributed by atoms with E-state index in [0.717, 1.165) is 12.3 Å². The number of rotatable bonds is 4. The molecule has 0 aromatic carbocycles. The van der Waals surface area contributed by atoms with Gasteiger partial charge in [0.2, 0.25) is 0 Å². The summed E-state index contributed by atoms with van der Waals surface area (Å²) in [5.41, 5.74) is 0.573. The van der Waals surface area contributed by atoms with Gasteiger partial charge in [-0.1, -0.05) is 12.8 Å².